The van der Waals surface area contributed by atoms with E-state index in [0.717, 1.165) is 0 Å². The summed E-state index contributed by atoms with van der Waals surface area (Å²) in [6, 6.07) is 6.17. The van der Waals surface area contributed by atoms with E-state index in [1.54, 1.807) is 18.3 Å². The Morgan fingerprint density at radius 1 is 1.56 bits per heavy atom. The van der Waals surface area contributed by atoms with Crippen molar-refractivity contribution in [1.82, 2.24) is 4.98 Å². The van der Waals surface area contributed by atoms with Crippen LogP contribution in [0, 0.1) is 6.07 Å². The molecule has 1 rings (SSSR count). The molecule has 0 radical (unpaired) electrons. The van der Waals surface area contributed by atoms with E-state index in [1.165, 1.54) is 0 Å². The maximum Gasteiger partial charge on any atom is 1.00 e. The van der Waals surface area contributed by atoms with Crippen LogP contribution in [0.2, 0.25) is 5.15 Å². The van der Waals surface area contributed by atoms with Gasteiger partial charge in [0.1, 0.15) is 0 Å². The fourth-order valence-electron chi connectivity index (χ4n) is 0.306. The molecule has 44 valence electrons. The van der Waals surface area contributed by atoms with Gasteiger partial charge in [0.15, 0.2) is 0 Å². The van der Waals surface area contributed by atoms with E-state index in [1.807, 2.05) is 0 Å². The van der Waals surface area contributed by atoms with E-state index in [4.69, 9.17) is 11.6 Å². The summed E-state index contributed by atoms with van der Waals surface area (Å²) in [5.74, 6) is 0. The summed E-state index contributed by atoms with van der Waals surface area (Å²) in [4.78, 5) is 3.69. The Hall–Kier alpha value is 0.327. The van der Waals surface area contributed by atoms with Gasteiger partial charge >= 0.3 is 18.9 Å². The van der Waals surface area contributed by atoms with Crippen molar-refractivity contribution < 1.29 is 31.3 Å². The zero-order valence-electron chi connectivity index (χ0n) is 4.94. The molecule has 1 nitrogen and oxygen atoms in total. The molecule has 0 aliphatic heterocycles. The smallest absolute Gasteiger partial charge is 1.00 e. The van der Waals surface area contributed by atoms with Crippen LogP contribution in [0.15, 0.2) is 18.3 Å². The summed E-state index contributed by atoms with van der Waals surface area (Å²) < 4.78 is 0. The number of hydrogen-bond acceptors (Lipinski definition) is 1. The van der Waals surface area contributed by atoms with Crippen LogP contribution in [-0.2, 0) is 0 Å². The predicted molar refractivity (Wildman–Crippen MR) is 28.1 cm³/mol. The Balaban J connectivity index is 0. The molecule has 0 saturated carbocycles. The molecule has 0 unspecified atom stereocenters. The second-order valence-electron chi connectivity index (χ2n) is 1.07. The molecule has 0 N–H and O–H groups in total. The van der Waals surface area contributed by atoms with E-state index in [0.29, 0.717) is 5.15 Å². The van der Waals surface area contributed by atoms with Crippen molar-refractivity contribution in [2.75, 3.05) is 0 Å². The first kappa shape index (κ1) is 12.0. The molecule has 0 spiro atoms. The molecule has 4 heteroatoms. The van der Waals surface area contributed by atoms with Crippen molar-refractivity contribution >= 4 is 11.6 Å². The fraction of sp³-hybridized carbons (Fsp3) is 0. The van der Waals surface area contributed by atoms with Crippen molar-refractivity contribution in [3.63, 3.8) is 0 Å². The summed E-state index contributed by atoms with van der Waals surface area (Å²) in [7, 11) is 0. The maximum absolute atomic E-state index is 5.37. The molecule has 0 atom stereocenters. The van der Waals surface area contributed by atoms with Crippen molar-refractivity contribution in [2.24, 2.45) is 0 Å². The summed E-state index contributed by atoms with van der Waals surface area (Å²) >= 11 is 5.37. The summed E-state index contributed by atoms with van der Waals surface area (Å²) in [6.07, 6.45) is 1.62. The average Bonchev–Trinajstić information content (AvgIpc) is 1.69. The van der Waals surface area contributed by atoms with Crippen molar-refractivity contribution in [1.29, 1.82) is 0 Å². The fourth-order valence-corrected chi connectivity index (χ4v) is 0.425. The first-order chi connectivity index (χ1) is 3.39. The Morgan fingerprint density at radius 3 is 2.44 bits per heavy atom. The van der Waals surface area contributed by atoms with Crippen molar-refractivity contribution in [3.8, 4) is 0 Å². The Kier molecular flexibility index (Phi) is 8.63. The number of hydrogen-bond donors (Lipinski definition) is 0. The van der Waals surface area contributed by atoms with Crippen LogP contribution in [0.3, 0.4) is 0 Å². The zero-order chi connectivity index (χ0) is 5.11. The molecule has 0 fully saturated rings. The van der Waals surface area contributed by atoms with Crippen LogP contribution in [0.1, 0.15) is 0 Å². The summed E-state index contributed by atoms with van der Waals surface area (Å²) in [6.45, 7) is 0. The first-order valence-electron chi connectivity index (χ1n) is 1.88. The second-order valence-corrected chi connectivity index (χ2v) is 1.43. The molecule has 0 bridgehead atoms. The standard InChI is InChI=1S/C5H3ClN.ClH.Li/c6-5-3-1-2-4-7-5;;/h1-2,4H;1H;/q-1;;+1/p-1. The van der Waals surface area contributed by atoms with E-state index in [9.17, 15) is 0 Å². The van der Waals surface area contributed by atoms with Gasteiger partial charge in [-0.05, 0) is 0 Å². The van der Waals surface area contributed by atoms with Crippen LogP contribution < -0.4 is 31.3 Å². The van der Waals surface area contributed by atoms with Crippen LogP contribution in [0.25, 0.3) is 0 Å². The minimum atomic E-state index is 0. The van der Waals surface area contributed by atoms with Crippen LogP contribution in [-0.4, -0.2) is 4.98 Å². The van der Waals surface area contributed by atoms with Crippen molar-refractivity contribution in [3.05, 3.63) is 29.5 Å². The summed E-state index contributed by atoms with van der Waals surface area (Å²) in [5, 5.41) is 0.419. The van der Waals surface area contributed by atoms with Gasteiger partial charge in [0, 0.05) is 5.15 Å². The minimum absolute atomic E-state index is 0. The molecule has 0 aromatic carbocycles. The van der Waals surface area contributed by atoms with Crippen LogP contribution in [0.4, 0.5) is 0 Å². The Morgan fingerprint density at radius 2 is 2.22 bits per heavy atom. The number of nitrogens with zero attached hydrogens (tertiary/aromatic N) is 1. The Bertz CT molecular complexity index is 145. The monoisotopic (exact) mass is 154 g/mol. The molecule has 1 heterocycles. The molecule has 0 aliphatic rings. The third-order valence-corrected chi connectivity index (χ3v) is 0.779. The van der Waals surface area contributed by atoms with Crippen molar-refractivity contribution in [2.45, 2.75) is 0 Å². The predicted octanol–water partition coefficient (Wildman–Crippen LogP) is -4.46. The number of aromatic nitrogens is 1. The normalized spacial score (nSPS) is 6.78. The molecule has 9 heavy (non-hydrogen) atoms. The van der Waals surface area contributed by atoms with Gasteiger partial charge < -0.3 is 12.4 Å². The second kappa shape index (κ2) is 6.45. The quantitative estimate of drug-likeness (QED) is 0.209. The number of pyridine rings is 1. The molecule has 0 amide bonds. The van der Waals surface area contributed by atoms with E-state index >= 15 is 0 Å². The third kappa shape index (κ3) is 4.81. The number of halogens is 2. The molecular weight excluding hydrogens is 152 g/mol. The van der Waals surface area contributed by atoms with Crippen LogP contribution in [0.5, 0.6) is 0 Å². The number of rotatable bonds is 0. The van der Waals surface area contributed by atoms with Crippen LogP contribution >= 0.6 is 11.6 Å². The first-order valence-corrected chi connectivity index (χ1v) is 2.25. The summed E-state index contributed by atoms with van der Waals surface area (Å²) in [5.41, 5.74) is 0. The topological polar surface area (TPSA) is 12.9 Å². The van der Waals surface area contributed by atoms with Gasteiger partial charge in [0.25, 0.3) is 0 Å². The zero-order valence-corrected chi connectivity index (χ0v) is 6.45. The SMILES string of the molecule is Clc1[c-]cccn1.[Cl-].[Li+]. The molecule has 0 saturated heterocycles. The van der Waals surface area contributed by atoms with Gasteiger partial charge in [-0.15, -0.1) is 0 Å². The van der Waals surface area contributed by atoms with Gasteiger partial charge in [-0.25, -0.2) is 12.1 Å². The Labute approximate surface area is 77.4 Å². The van der Waals surface area contributed by atoms with Gasteiger partial charge in [0.2, 0.25) is 0 Å². The molecular formula is C5H3Cl2LiN-. The molecule has 1 aromatic rings. The van der Waals surface area contributed by atoms with Gasteiger partial charge in [-0.2, -0.15) is 6.07 Å². The molecule has 1 aromatic heterocycles. The van der Waals surface area contributed by atoms with E-state index in [-0.39, 0.29) is 31.3 Å². The average molecular weight is 155 g/mol. The molecule has 0 aliphatic carbocycles. The largest absolute Gasteiger partial charge is 1.00 e. The third-order valence-electron chi connectivity index (χ3n) is 0.573. The van der Waals surface area contributed by atoms with Gasteiger partial charge in [0.05, 0.1) is 0 Å². The van der Waals surface area contributed by atoms with E-state index in [2.05, 4.69) is 11.1 Å². The minimum Gasteiger partial charge on any atom is -1.00 e. The van der Waals surface area contributed by atoms with Gasteiger partial charge in [-0.1, -0.05) is 17.8 Å². The van der Waals surface area contributed by atoms with Gasteiger partial charge in [-0.3, -0.25) is 4.98 Å². The maximum atomic E-state index is 5.37. The van der Waals surface area contributed by atoms with E-state index < -0.39 is 0 Å².